The molecule has 0 spiro atoms. The highest BCUT2D eigenvalue weighted by Gasteiger charge is 2.18. The van der Waals surface area contributed by atoms with Crippen molar-refractivity contribution >= 4 is 17.7 Å². The van der Waals surface area contributed by atoms with Crippen molar-refractivity contribution in [3.63, 3.8) is 0 Å². The lowest BCUT2D eigenvalue weighted by Gasteiger charge is -2.32. The van der Waals surface area contributed by atoms with Crippen molar-refractivity contribution in [3.05, 3.63) is 60.1 Å². The Kier molecular flexibility index (Phi) is 5.46. The standard InChI is InChI=1S/C19H22N2O3/c1-15(21-10-13-23-14-11-21)16-4-6-17(7-5-16)20-19(22)9-8-18-3-2-12-24-18/h2-9,12,15H,10-11,13-14H2,1H3,(H,20,22)/b9-8-/t15-/m1/s1. The summed E-state index contributed by atoms with van der Waals surface area (Å²) in [6.07, 6.45) is 4.68. The predicted molar refractivity (Wildman–Crippen MR) is 93.6 cm³/mol. The average Bonchev–Trinajstić information content (AvgIpc) is 3.14. The van der Waals surface area contributed by atoms with Crippen LogP contribution in [0.4, 0.5) is 5.69 Å². The Bertz CT molecular complexity index is 671. The van der Waals surface area contributed by atoms with Gasteiger partial charge in [0, 0.05) is 30.9 Å². The highest BCUT2D eigenvalue weighted by Crippen LogP contribution is 2.22. The van der Waals surface area contributed by atoms with E-state index in [4.69, 9.17) is 9.15 Å². The predicted octanol–water partition coefficient (Wildman–Crippen LogP) is 3.32. The molecular weight excluding hydrogens is 304 g/mol. The second kappa shape index (κ2) is 7.95. The summed E-state index contributed by atoms with van der Waals surface area (Å²) < 4.78 is 10.5. The second-order valence-electron chi connectivity index (χ2n) is 5.78. The van der Waals surface area contributed by atoms with Crippen molar-refractivity contribution in [1.82, 2.24) is 4.90 Å². The third kappa shape index (κ3) is 4.34. The van der Waals surface area contributed by atoms with Gasteiger partial charge in [-0.1, -0.05) is 12.1 Å². The number of nitrogens with one attached hydrogen (secondary N) is 1. The first kappa shape index (κ1) is 16.5. The van der Waals surface area contributed by atoms with Crippen LogP contribution in [0.1, 0.15) is 24.3 Å². The monoisotopic (exact) mass is 326 g/mol. The van der Waals surface area contributed by atoms with E-state index >= 15 is 0 Å². The van der Waals surface area contributed by atoms with Gasteiger partial charge in [0.2, 0.25) is 5.91 Å². The van der Waals surface area contributed by atoms with Gasteiger partial charge in [0.15, 0.2) is 0 Å². The summed E-state index contributed by atoms with van der Waals surface area (Å²) in [6.45, 7) is 5.69. The largest absolute Gasteiger partial charge is 0.465 e. The number of ether oxygens (including phenoxy) is 1. The lowest BCUT2D eigenvalue weighted by Crippen LogP contribution is -2.37. The number of benzene rings is 1. The molecule has 1 aliphatic heterocycles. The molecular formula is C19H22N2O3. The van der Waals surface area contributed by atoms with E-state index in [1.807, 2.05) is 12.1 Å². The Morgan fingerprint density at radius 3 is 2.62 bits per heavy atom. The van der Waals surface area contributed by atoms with E-state index in [1.54, 1.807) is 24.5 Å². The first-order valence-corrected chi connectivity index (χ1v) is 8.17. The van der Waals surface area contributed by atoms with Gasteiger partial charge >= 0.3 is 0 Å². The number of hydrogen-bond donors (Lipinski definition) is 1. The van der Waals surface area contributed by atoms with Crippen LogP contribution in [0.2, 0.25) is 0 Å². The van der Waals surface area contributed by atoms with Crippen LogP contribution < -0.4 is 5.32 Å². The zero-order chi connectivity index (χ0) is 16.8. The molecule has 0 saturated carbocycles. The number of anilines is 1. The van der Waals surface area contributed by atoms with E-state index in [0.29, 0.717) is 11.8 Å². The summed E-state index contributed by atoms with van der Waals surface area (Å²) in [5.41, 5.74) is 2.02. The van der Waals surface area contributed by atoms with Gasteiger partial charge in [-0.15, -0.1) is 0 Å². The first-order valence-electron chi connectivity index (χ1n) is 8.17. The van der Waals surface area contributed by atoms with Crippen LogP contribution in [0, 0.1) is 0 Å². The van der Waals surface area contributed by atoms with Crippen LogP contribution >= 0.6 is 0 Å². The number of morpholine rings is 1. The smallest absolute Gasteiger partial charge is 0.248 e. The highest BCUT2D eigenvalue weighted by atomic mass is 16.5. The lowest BCUT2D eigenvalue weighted by atomic mass is 10.1. The quantitative estimate of drug-likeness (QED) is 0.856. The SMILES string of the molecule is C[C@H](c1ccc(NC(=O)/C=C\c2ccco2)cc1)N1CCOCC1. The molecule has 0 aliphatic carbocycles. The summed E-state index contributed by atoms with van der Waals surface area (Å²) in [5, 5.41) is 2.85. The van der Waals surface area contributed by atoms with Gasteiger partial charge in [-0.25, -0.2) is 0 Å². The van der Waals surface area contributed by atoms with Gasteiger partial charge in [0.1, 0.15) is 5.76 Å². The molecule has 0 unspecified atom stereocenters. The van der Waals surface area contributed by atoms with E-state index < -0.39 is 0 Å². The molecule has 1 aromatic heterocycles. The summed E-state index contributed by atoms with van der Waals surface area (Å²) in [4.78, 5) is 14.3. The number of carbonyl (C=O) groups is 1. The van der Waals surface area contributed by atoms with E-state index in [0.717, 1.165) is 32.0 Å². The molecule has 1 amide bonds. The van der Waals surface area contributed by atoms with Gasteiger partial charge in [0.05, 0.1) is 19.5 Å². The molecule has 1 saturated heterocycles. The molecule has 5 heteroatoms. The molecule has 2 heterocycles. The van der Waals surface area contributed by atoms with Gasteiger partial charge in [0.25, 0.3) is 0 Å². The van der Waals surface area contributed by atoms with Crippen molar-refractivity contribution in [3.8, 4) is 0 Å². The fourth-order valence-electron chi connectivity index (χ4n) is 2.75. The van der Waals surface area contributed by atoms with Crippen LogP contribution in [-0.2, 0) is 9.53 Å². The summed E-state index contributed by atoms with van der Waals surface area (Å²) >= 11 is 0. The normalized spacial score (nSPS) is 17.0. The van der Waals surface area contributed by atoms with Crippen molar-refractivity contribution < 1.29 is 13.9 Å². The lowest BCUT2D eigenvalue weighted by molar-refractivity contribution is -0.111. The maximum atomic E-state index is 11.9. The Hall–Kier alpha value is -2.37. The summed E-state index contributed by atoms with van der Waals surface area (Å²) in [7, 11) is 0. The van der Waals surface area contributed by atoms with E-state index in [9.17, 15) is 4.79 Å². The minimum Gasteiger partial charge on any atom is -0.465 e. The highest BCUT2D eigenvalue weighted by molar-refractivity contribution is 6.01. The number of nitrogens with zero attached hydrogens (tertiary/aromatic N) is 1. The van der Waals surface area contributed by atoms with Crippen LogP contribution in [-0.4, -0.2) is 37.1 Å². The Balaban J connectivity index is 1.56. The van der Waals surface area contributed by atoms with Crippen molar-refractivity contribution in [2.75, 3.05) is 31.6 Å². The minimum absolute atomic E-state index is 0.180. The fourth-order valence-corrected chi connectivity index (χ4v) is 2.75. The molecule has 0 radical (unpaired) electrons. The van der Waals surface area contributed by atoms with Crippen LogP contribution in [0.5, 0.6) is 0 Å². The van der Waals surface area contributed by atoms with Gasteiger partial charge in [-0.05, 0) is 42.8 Å². The van der Waals surface area contributed by atoms with Crippen molar-refractivity contribution in [2.24, 2.45) is 0 Å². The van der Waals surface area contributed by atoms with Gasteiger partial charge in [-0.2, -0.15) is 0 Å². The van der Waals surface area contributed by atoms with Gasteiger partial charge in [-0.3, -0.25) is 9.69 Å². The topological polar surface area (TPSA) is 54.7 Å². The summed E-state index contributed by atoms with van der Waals surface area (Å²) in [6, 6.07) is 11.9. The molecule has 1 fully saturated rings. The summed E-state index contributed by atoms with van der Waals surface area (Å²) in [5.74, 6) is 0.472. The van der Waals surface area contributed by atoms with Crippen molar-refractivity contribution in [1.29, 1.82) is 0 Å². The van der Waals surface area contributed by atoms with E-state index in [-0.39, 0.29) is 5.91 Å². The van der Waals surface area contributed by atoms with Crippen molar-refractivity contribution in [2.45, 2.75) is 13.0 Å². The molecule has 126 valence electrons. The number of furan rings is 1. The zero-order valence-electron chi connectivity index (χ0n) is 13.8. The van der Waals surface area contributed by atoms with Gasteiger partial charge < -0.3 is 14.5 Å². The molecule has 24 heavy (non-hydrogen) atoms. The maximum Gasteiger partial charge on any atom is 0.248 e. The molecule has 3 rings (SSSR count). The number of amides is 1. The first-order chi connectivity index (χ1) is 11.7. The Labute approximate surface area is 141 Å². The molecule has 0 bridgehead atoms. The average molecular weight is 326 g/mol. The Morgan fingerprint density at radius 2 is 1.96 bits per heavy atom. The fraction of sp³-hybridized carbons (Fsp3) is 0.316. The molecule has 1 N–H and O–H groups in total. The maximum absolute atomic E-state index is 11.9. The van der Waals surface area contributed by atoms with E-state index in [1.165, 1.54) is 11.6 Å². The zero-order valence-corrected chi connectivity index (χ0v) is 13.8. The second-order valence-corrected chi connectivity index (χ2v) is 5.78. The molecule has 1 aromatic carbocycles. The number of carbonyl (C=O) groups excluding carboxylic acids is 1. The minimum atomic E-state index is -0.180. The van der Waals surface area contributed by atoms with Crippen LogP contribution in [0.25, 0.3) is 6.08 Å². The molecule has 5 nitrogen and oxygen atoms in total. The number of rotatable bonds is 5. The molecule has 2 aromatic rings. The molecule has 1 atom stereocenters. The van der Waals surface area contributed by atoms with Crippen LogP contribution in [0.15, 0.2) is 53.2 Å². The molecule has 1 aliphatic rings. The third-order valence-corrected chi connectivity index (χ3v) is 4.20. The van der Waals surface area contributed by atoms with Crippen LogP contribution in [0.3, 0.4) is 0 Å². The third-order valence-electron chi connectivity index (χ3n) is 4.20. The van der Waals surface area contributed by atoms with E-state index in [2.05, 4.69) is 29.3 Å². The number of hydrogen-bond acceptors (Lipinski definition) is 4. The Morgan fingerprint density at radius 1 is 1.21 bits per heavy atom.